The van der Waals surface area contributed by atoms with Crippen molar-refractivity contribution in [3.63, 3.8) is 0 Å². The largest absolute Gasteiger partial charge is 0.469 e. The Labute approximate surface area is 228 Å². The maximum Gasteiger partial charge on any atom is 0.126 e. The number of para-hydroxylation sites is 1. The Balaban J connectivity index is 1.45. The quantitative estimate of drug-likeness (QED) is 0.370. The Bertz CT molecular complexity index is 1450. The van der Waals surface area contributed by atoms with Gasteiger partial charge in [-0.15, -0.1) is 0 Å². The molecule has 4 aliphatic rings. The van der Waals surface area contributed by atoms with Crippen molar-refractivity contribution in [2.75, 3.05) is 0 Å². The molecule has 6 rings (SSSR count). The minimum atomic E-state index is -0.934. The van der Waals surface area contributed by atoms with E-state index in [9.17, 15) is 0 Å². The van der Waals surface area contributed by atoms with Gasteiger partial charge in [-0.1, -0.05) is 86.7 Å². The van der Waals surface area contributed by atoms with Crippen molar-refractivity contribution in [2.45, 2.75) is 52.2 Å². The minimum absolute atomic E-state index is 0.0469. The number of hydrogen-bond donors (Lipinski definition) is 0. The summed E-state index contributed by atoms with van der Waals surface area (Å²) in [4.78, 5) is 10.0. The number of hydrogen-bond acceptors (Lipinski definition) is 3. The zero-order valence-corrected chi connectivity index (χ0v) is 23.5. The highest BCUT2D eigenvalue weighted by Crippen LogP contribution is 2.59. The van der Waals surface area contributed by atoms with E-state index in [1.54, 1.807) is 0 Å². The average Bonchev–Trinajstić information content (AvgIpc) is 2.92. The number of aliphatic imine (C=N–C) groups is 1. The number of allylic oxidation sites excluding steroid dienone is 9. The van der Waals surface area contributed by atoms with Crippen molar-refractivity contribution in [3.8, 4) is 5.75 Å². The molecule has 1 aromatic carbocycles. The molecule has 4 heteroatoms. The second-order valence-electron chi connectivity index (χ2n) is 11.2. The number of dihydropyridines is 1. The van der Waals surface area contributed by atoms with Crippen molar-refractivity contribution in [3.05, 3.63) is 119 Å². The molecule has 38 heavy (non-hydrogen) atoms. The molecule has 0 saturated carbocycles. The van der Waals surface area contributed by atoms with Gasteiger partial charge >= 0.3 is 0 Å². The number of aryl methyl sites for hydroxylation is 1. The predicted molar refractivity (Wildman–Crippen MR) is 162 cm³/mol. The monoisotopic (exact) mass is 518 g/mol. The first-order chi connectivity index (χ1) is 18.4. The van der Waals surface area contributed by atoms with Crippen LogP contribution in [0.15, 0.2) is 101 Å². The molecule has 192 valence electrons. The Hall–Kier alpha value is -3.29. The van der Waals surface area contributed by atoms with E-state index in [-0.39, 0.29) is 23.0 Å². The molecule has 2 unspecified atom stereocenters. The van der Waals surface area contributed by atoms with Gasteiger partial charge in [0.2, 0.25) is 0 Å². The molecule has 1 aliphatic heterocycles. The van der Waals surface area contributed by atoms with Crippen LogP contribution in [0.3, 0.4) is 0 Å². The van der Waals surface area contributed by atoms with E-state index in [2.05, 4.69) is 119 Å². The van der Waals surface area contributed by atoms with Crippen LogP contribution in [-0.2, 0) is 0 Å². The zero-order valence-electron chi connectivity index (χ0n) is 22.6. The molecule has 4 atom stereocenters. The van der Waals surface area contributed by atoms with Crippen molar-refractivity contribution in [2.24, 2.45) is 16.3 Å². The average molecular weight is 519 g/mol. The van der Waals surface area contributed by atoms with Gasteiger partial charge in [0, 0.05) is 33.9 Å². The molecule has 2 heterocycles. The van der Waals surface area contributed by atoms with Gasteiger partial charge in [0.25, 0.3) is 0 Å². The highest BCUT2D eigenvalue weighted by atomic mass is 31.1. The highest BCUT2D eigenvalue weighted by Gasteiger charge is 2.39. The van der Waals surface area contributed by atoms with Crippen LogP contribution in [0.25, 0.3) is 11.6 Å². The smallest absolute Gasteiger partial charge is 0.126 e. The lowest BCUT2D eigenvalue weighted by Gasteiger charge is -2.39. The van der Waals surface area contributed by atoms with Crippen molar-refractivity contribution >= 4 is 25.5 Å². The normalized spacial score (nSPS) is 25.6. The van der Waals surface area contributed by atoms with Crippen LogP contribution in [0.5, 0.6) is 5.75 Å². The Kier molecular flexibility index (Phi) is 6.66. The predicted octanol–water partition coefficient (Wildman–Crippen LogP) is 9.16. The number of rotatable bonds is 5. The molecule has 0 amide bonds. The van der Waals surface area contributed by atoms with Crippen molar-refractivity contribution in [1.29, 1.82) is 0 Å². The Morgan fingerprint density at radius 3 is 2.58 bits per heavy atom. The third-order valence-electron chi connectivity index (χ3n) is 7.78. The van der Waals surface area contributed by atoms with Crippen LogP contribution in [0, 0.1) is 18.3 Å². The molecule has 0 saturated heterocycles. The molecule has 0 fully saturated rings. The highest BCUT2D eigenvalue weighted by molar-refractivity contribution is 7.59. The maximum absolute atomic E-state index is 6.85. The molecule has 0 N–H and O–H groups in total. The molecule has 2 aromatic rings. The summed E-state index contributed by atoms with van der Waals surface area (Å²) in [6.07, 6.45) is 25.2. The summed E-state index contributed by atoms with van der Waals surface area (Å²) in [6.45, 7) is 8.84. The first-order valence-corrected chi connectivity index (χ1v) is 14.9. The van der Waals surface area contributed by atoms with Gasteiger partial charge in [-0.05, 0) is 67.5 Å². The van der Waals surface area contributed by atoms with E-state index >= 15 is 0 Å². The number of pyridine rings is 1. The number of benzene rings is 1. The Morgan fingerprint density at radius 2 is 1.79 bits per heavy atom. The second-order valence-corrected chi connectivity index (χ2v) is 13.1. The van der Waals surface area contributed by atoms with Gasteiger partial charge in [-0.3, -0.25) is 9.98 Å². The van der Waals surface area contributed by atoms with E-state index in [4.69, 9.17) is 14.5 Å². The lowest BCUT2D eigenvalue weighted by Crippen LogP contribution is -2.28. The molecule has 0 radical (unpaired) electrons. The van der Waals surface area contributed by atoms with Crippen LogP contribution in [-0.4, -0.2) is 16.4 Å². The van der Waals surface area contributed by atoms with Gasteiger partial charge in [0.15, 0.2) is 0 Å². The Morgan fingerprint density at radius 1 is 0.974 bits per heavy atom. The molecule has 0 spiro atoms. The fourth-order valence-electron chi connectivity index (χ4n) is 5.69. The van der Waals surface area contributed by atoms with E-state index in [1.807, 2.05) is 6.07 Å². The van der Waals surface area contributed by atoms with Gasteiger partial charge in [0.05, 0.1) is 5.69 Å². The molecule has 3 nitrogen and oxygen atoms in total. The van der Waals surface area contributed by atoms with E-state index in [1.165, 1.54) is 22.0 Å². The first kappa shape index (κ1) is 25.0. The fourth-order valence-corrected chi connectivity index (χ4v) is 8.13. The van der Waals surface area contributed by atoms with Gasteiger partial charge in [-0.2, -0.15) is 0 Å². The molecule has 3 aliphatic carbocycles. The summed E-state index contributed by atoms with van der Waals surface area (Å²) in [6, 6.07) is 12.6. The molecular formula is C34H35N2OP. The molecule has 0 bridgehead atoms. The van der Waals surface area contributed by atoms with Crippen LogP contribution in [0.2, 0.25) is 0 Å². The summed E-state index contributed by atoms with van der Waals surface area (Å²) in [5, 5.41) is 1.33. The summed E-state index contributed by atoms with van der Waals surface area (Å²) in [7, 11) is -0.934. The van der Waals surface area contributed by atoms with Crippen molar-refractivity contribution < 1.29 is 4.52 Å². The third-order valence-corrected chi connectivity index (χ3v) is 10.3. The second kappa shape index (κ2) is 10.1. The van der Waals surface area contributed by atoms with Crippen molar-refractivity contribution in [1.82, 2.24) is 4.98 Å². The fraction of sp³-hybridized carbons (Fsp3) is 0.294. The third kappa shape index (κ3) is 4.81. The minimum Gasteiger partial charge on any atom is -0.469 e. The SMILES string of the molecule is CC1=N[C@@H]2c3nc(C)cc(C4=C[C@H](P(Oc5ccccc5)C5=CCCC=C5)C(C)(C)C=C4)c3C=CC2C=C1. The molecular weight excluding hydrogens is 483 g/mol. The summed E-state index contributed by atoms with van der Waals surface area (Å²) in [5.41, 5.74) is 7.04. The number of aromatic nitrogens is 1. The first-order valence-electron chi connectivity index (χ1n) is 13.6. The lowest BCUT2D eigenvalue weighted by molar-refractivity contribution is 0.472. The summed E-state index contributed by atoms with van der Waals surface area (Å²) in [5.74, 6) is 1.21. The van der Waals surface area contributed by atoms with E-state index in [0.29, 0.717) is 0 Å². The zero-order chi connectivity index (χ0) is 26.3. The molecule has 1 aromatic heterocycles. The maximum atomic E-state index is 6.85. The lowest BCUT2D eigenvalue weighted by atomic mass is 9.79. The van der Waals surface area contributed by atoms with Gasteiger partial charge in [-0.25, -0.2) is 0 Å². The van der Waals surface area contributed by atoms with Crippen LogP contribution in [0.4, 0.5) is 0 Å². The van der Waals surface area contributed by atoms with E-state index in [0.717, 1.165) is 35.7 Å². The standard InChI is InChI=1S/C34H35N2OP/c1-23-15-16-25-17-18-29-30(21-24(2)36-33(29)32(25)35-23)26-19-20-34(3,4)31(22-26)38(28-13-9-6-10-14-28)37-27-11-7-5-8-12-27/h5,7-9,11-22,25,31-32H,6,10H2,1-4H3/t25?,31-,32-,38?/m0/s1. The van der Waals surface area contributed by atoms with Gasteiger partial charge < -0.3 is 4.52 Å². The van der Waals surface area contributed by atoms with Crippen LogP contribution >= 0.6 is 8.15 Å². The number of fused-ring (bicyclic) bond motifs is 3. The summed E-state index contributed by atoms with van der Waals surface area (Å²) >= 11 is 0. The van der Waals surface area contributed by atoms with E-state index < -0.39 is 8.15 Å². The summed E-state index contributed by atoms with van der Waals surface area (Å²) < 4.78 is 6.85. The number of nitrogens with zero attached hydrogens (tertiary/aromatic N) is 2. The van der Waals surface area contributed by atoms with Crippen LogP contribution < -0.4 is 4.52 Å². The van der Waals surface area contributed by atoms with Crippen LogP contribution in [0.1, 0.15) is 62.2 Å². The van der Waals surface area contributed by atoms with Gasteiger partial charge in [0.1, 0.15) is 19.9 Å². The topological polar surface area (TPSA) is 34.5 Å².